The average molecular weight is 348 g/mol. The van der Waals surface area contributed by atoms with E-state index in [0.717, 1.165) is 18.8 Å². The van der Waals surface area contributed by atoms with Crippen molar-refractivity contribution in [3.05, 3.63) is 30.3 Å². The molecule has 0 bridgehead atoms. The molecule has 142 valence electrons. The average Bonchev–Trinajstić information content (AvgIpc) is 3.11. The van der Waals surface area contributed by atoms with Crippen molar-refractivity contribution >= 4 is 0 Å². The van der Waals surface area contributed by atoms with Gasteiger partial charge in [0.1, 0.15) is 5.75 Å². The summed E-state index contributed by atoms with van der Waals surface area (Å²) in [5, 5.41) is 9.32. The van der Waals surface area contributed by atoms with Gasteiger partial charge in [-0.05, 0) is 50.9 Å². The van der Waals surface area contributed by atoms with Gasteiger partial charge in [0.15, 0.2) is 0 Å². The minimum atomic E-state index is 0.344. The van der Waals surface area contributed by atoms with Crippen molar-refractivity contribution in [1.29, 1.82) is 0 Å². The number of hydrogen-bond donors (Lipinski definition) is 1. The molecule has 1 aromatic carbocycles. The van der Waals surface area contributed by atoms with Gasteiger partial charge in [0, 0.05) is 6.04 Å². The molecule has 0 amide bonds. The van der Waals surface area contributed by atoms with Gasteiger partial charge in [0.25, 0.3) is 0 Å². The third kappa shape index (κ3) is 8.73. The summed E-state index contributed by atoms with van der Waals surface area (Å²) in [7, 11) is 0. The van der Waals surface area contributed by atoms with E-state index >= 15 is 0 Å². The molecule has 25 heavy (non-hydrogen) atoms. The van der Waals surface area contributed by atoms with E-state index in [1.54, 1.807) is 0 Å². The van der Waals surface area contributed by atoms with Crippen LogP contribution in [0.4, 0.5) is 0 Å². The Labute approximate surface area is 154 Å². The molecule has 1 fully saturated rings. The van der Waals surface area contributed by atoms with Crippen LogP contribution in [-0.2, 0) is 0 Å². The highest BCUT2D eigenvalue weighted by atomic mass is 16.5. The van der Waals surface area contributed by atoms with Crippen LogP contribution in [0.2, 0.25) is 0 Å². The van der Waals surface area contributed by atoms with Crippen LogP contribution in [0.5, 0.6) is 5.75 Å². The van der Waals surface area contributed by atoms with Crippen molar-refractivity contribution in [2.45, 2.75) is 76.7 Å². The van der Waals surface area contributed by atoms with E-state index in [4.69, 9.17) is 4.74 Å². The molecular weight excluding hydrogens is 310 g/mol. The topological polar surface area (TPSA) is 32.7 Å². The number of ether oxygens (including phenoxy) is 1. The molecule has 1 saturated heterocycles. The van der Waals surface area contributed by atoms with E-state index in [-0.39, 0.29) is 0 Å². The lowest BCUT2D eigenvalue weighted by Gasteiger charge is -2.22. The summed E-state index contributed by atoms with van der Waals surface area (Å²) in [5.41, 5.74) is 0. The van der Waals surface area contributed by atoms with E-state index < -0.39 is 0 Å². The molecule has 2 rings (SSSR count). The molecule has 0 spiro atoms. The van der Waals surface area contributed by atoms with Crippen LogP contribution in [0.1, 0.15) is 70.6 Å². The predicted octanol–water partition coefficient (Wildman–Crippen LogP) is 5.03. The third-order valence-electron chi connectivity index (χ3n) is 5.31. The number of para-hydroxylation sites is 1. The number of aliphatic hydroxyl groups excluding tert-OH is 1. The maximum Gasteiger partial charge on any atom is 0.119 e. The quantitative estimate of drug-likeness (QED) is 0.479. The molecule has 3 heteroatoms. The zero-order valence-electron chi connectivity index (χ0n) is 15.9. The first kappa shape index (κ1) is 20.3. The molecule has 0 aliphatic carbocycles. The first-order valence-electron chi connectivity index (χ1n) is 10.4. The second-order valence-electron chi connectivity index (χ2n) is 7.36. The number of benzene rings is 1. The second-order valence-corrected chi connectivity index (χ2v) is 7.36. The van der Waals surface area contributed by atoms with Gasteiger partial charge in [-0.25, -0.2) is 0 Å². The Morgan fingerprint density at radius 1 is 0.880 bits per heavy atom. The second kappa shape index (κ2) is 13.2. The van der Waals surface area contributed by atoms with Crippen LogP contribution in [0.3, 0.4) is 0 Å². The highest BCUT2D eigenvalue weighted by Gasteiger charge is 2.22. The fourth-order valence-corrected chi connectivity index (χ4v) is 3.76. The summed E-state index contributed by atoms with van der Waals surface area (Å²) in [6.07, 6.45) is 14.4. The Hall–Kier alpha value is -1.06. The third-order valence-corrected chi connectivity index (χ3v) is 5.31. The van der Waals surface area contributed by atoms with Crippen LogP contribution >= 0.6 is 0 Å². The van der Waals surface area contributed by atoms with Crippen LogP contribution in [0, 0.1) is 0 Å². The first-order valence-corrected chi connectivity index (χ1v) is 10.4. The Kier molecular flexibility index (Phi) is 10.7. The maximum atomic E-state index is 9.32. The summed E-state index contributed by atoms with van der Waals surface area (Å²) in [4.78, 5) is 2.48. The number of hydrogen-bond acceptors (Lipinski definition) is 3. The molecule has 1 N–H and O–H groups in total. The van der Waals surface area contributed by atoms with Gasteiger partial charge < -0.3 is 9.84 Å². The predicted molar refractivity (Wildman–Crippen MR) is 105 cm³/mol. The summed E-state index contributed by atoms with van der Waals surface area (Å²) >= 11 is 0. The number of nitrogens with zero attached hydrogens (tertiary/aromatic N) is 1. The number of rotatable bonds is 14. The molecule has 1 aliphatic heterocycles. The monoisotopic (exact) mass is 347 g/mol. The fourth-order valence-electron chi connectivity index (χ4n) is 3.76. The zero-order chi connectivity index (χ0) is 17.6. The van der Waals surface area contributed by atoms with Crippen molar-refractivity contribution < 1.29 is 9.84 Å². The Balaban J connectivity index is 1.31. The zero-order valence-corrected chi connectivity index (χ0v) is 15.9. The normalized spacial score (nSPS) is 17.9. The van der Waals surface area contributed by atoms with Gasteiger partial charge in [-0.1, -0.05) is 63.1 Å². The van der Waals surface area contributed by atoms with Crippen LogP contribution in [0.15, 0.2) is 30.3 Å². The maximum absolute atomic E-state index is 9.32. The van der Waals surface area contributed by atoms with Gasteiger partial charge >= 0.3 is 0 Å². The van der Waals surface area contributed by atoms with Gasteiger partial charge in [-0.2, -0.15) is 0 Å². The molecule has 0 radical (unpaired) electrons. The standard InChI is InChI=1S/C22H37NO2/c24-20-21-14-13-18-23(21)17-11-6-4-2-1-3-5-7-12-19-25-22-15-9-8-10-16-22/h8-10,15-16,21,24H,1-7,11-14,17-20H2/t21-/m0/s1. The SMILES string of the molecule is OC[C@@H]1CCCN1CCCCCCCCCCCOc1ccccc1. The Bertz CT molecular complexity index is 423. The molecule has 1 aliphatic rings. The lowest BCUT2D eigenvalue weighted by atomic mass is 10.1. The summed E-state index contributed by atoms with van der Waals surface area (Å²) in [6.45, 7) is 3.57. The lowest BCUT2D eigenvalue weighted by molar-refractivity contribution is 0.157. The Morgan fingerprint density at radius 3 is 2.20 bits per heavy atom. The van der Waals surface area contributed by atoms with E-state index in [1.807, 2.05) is 30.3 Å². The minimum absolute atomic E-state index is 0.344. The highest BCUT2D eigenvalue weighted by molar-refractivity contribution is 5.20. The van der Waals surface area contributed by atoms with Gasteiger partial charge in [-0.15, -0.1) is 0 Å². The molecule has 1 heterocycles. The molecule has 1 atom stereocenters. The fraction of sp³-hybridized carbons (Fsp3) is 0.727. The molecule has 1 aromatic rings. The highest BCUT2D eigenvalue weighted by Crippen LogP contribution is 2.18. The molecule has 3 nitrogen and oxygen atoms in total. The van der Waals surface area contributed by atoms with Crippen molar-refractivity contribution in [3.63, 3.8) is 0 Å². The van der Waals surface area contributed by atoms with Gasteiger partial charge in [0.2, 0.25) is 0 Å². The minimum Gasteiger partial charge on any atom is -0.494 e. The summed E-state index contributed by atoms with van der Waals surface area (Å²) < 4.78 is 5.72. The Morgan fingerprint density at radius 2 is 1.52 bits per heavy atom. The largest absolute Gasteiger partial charge is 0.494 e. The van der Waals surface area contributed by atoms with E-state index in [1.165, 1.54) is 77.3 Å². The first-order chi connectivity index (χ1) is 12.4. The summed E-state index contributed by atoms with van der Waals surface area (Å²) in [6, 6.07) is 10.6. The van der Waals surface area contributed by atoms with Gasteiger partial charge in [0.05, 0.1) is 13.2 Å². The van der Waals surface area contributed by atoms with Crippen molar-refractivity contribution in [2.75, 3.05) is 26.3 Å². The number of aliphatic hydroxyl groups is 1. The van der Waals surface area contributed by atoms with E-state index in [0.29, 0.717) is 12.6 Å². The number of likely N-dealkylation sites (tertiary alicyclic amines) is 1. The van der Waals surface area contributed by atoms with Crippen LogP contribution in [-0.4, -0.2) is 42.4 Å². The van der Waals surface area contributed by atoms with Crippen molar-refractivity contribution in [2.24, 2.45) is 0 Å². The molecule has 0 unspecified atom stereocenters. The smallest absolute Gasteiger partial charge is 0.119 e. The number of unbranched alkanes of at least 4 members (excludes halogenated alkanes) is 8. The molecular formula is C22H37NO2. The lowest BCUT2D eigenvalue weighted by Crippen LogP contribution is -2.32. The summed E-state index contributed by atoms with van der Waals surface area (Å²) in [5.74, 6) is 0.988. The van der Waals surface area contributed by atoms with Crippen LogP contribution in [0.25, 0.3) is 0 Å². The van der Waals surface area contributed by atoms with Crippen LogP contribution < -0.4 is 4.74 Å². The van der Waals surface area contributed by atoms with E-state index in [2.05, 4.69) is 4.90 Å². The van der Waals surface area contributed by atoms with Crippen molar-refractivity contribution in [1.82, 2.24) is 4.90 Å². The molecule has 0 saturated carbocycles. The van der Waals surface area contributed by atoms with E-state index in [9.17, 15) is 5.11 Å². The van der Waals surface area contributed by atoms with Gasteiger partial charge in [-0.3, -0.25) is 4.90 Å². The molecule has 0 aromatic heterocycles. The van der Waals surface area contributed by atoms with Crippen molar-refractivity contribution in [3.8, 4) is 5.75 Å².